The maximum Gasteiger partial charge on any atom is 0.356 e. The van der Waals surface area contributed by atoms with Gasteiger partial charge in [-0.05, 0) is 28.8 Å². The summed E-state index contributed by atoms with van der Waals surface area (Å²) < 4.78 is 16.7. The number of hydrogen-bond acceptors (Lipinski definition) is 10. The highest BCUT2D eigenvalue weighted by Gasteiger charge is 2.54. The summed E-state index contributed by atoms with van der Waals surface area (Å²) in [6.45, 7) is 0.743. The molecule has 45 heavy (non-hydrogen) atoms. The Morgan fingerprint density at radius 1 is 0.978 bits per heavy atom. The average Bonchev–Trinajstić information content (AvgIpc) is 3.05. The number of thioether (sulfide) groups is 1. The summed E-state index contributed by atoms with van der Waals surface area (Å²) in [7, 11) is 0. The smallest absolute Gasteiger partial charge is 0.356 e. The van der Waals surface area contributed by atoms with Crippen molar-refractivity contribution >= 4 is 41.2 Å². The third-order valence-electron chi connectivity index (χ3n) is 7.09. The van der Waals surface area contributed by atoms with Crippen LogP contribution >= 0.6 is 11.8 Å². The van der Waals surface area contributed by atoms with E-state index in [9.17, 15) is 29.3 Å². The van der Waals surface area contributed by atoms with Gasteiger partial charge in [-0.15, -0.1) is 11.8 Å². The van der Waals surface area contributed by atoms with Crippen LogP contribution in [-0.2, 0) is 40.0 Å². The number of ether oxygens (including phenoxy) is 3. The lowest BCUT2D eigenvalue weighted by atomic mass is 10.0. The second kappa shape index (κ2) is 14.2. The summed E-state index contributed by atoms with van der Waals surface area (Å²) in [5.41, 5.74) is 2.45. The Bertz CT molecular complexity index is 1570. The van der Waals surface area contributed by atoms with Gasteiger partial charge in [0.05, 0.1) is 11.5 Å². The van der Waals surface area contributed by atoms with Gasteiger partial charge < -0.3 is 19.5 Å². The fourth-order valence-electron chi connectivity index (χ4n) is 4.91. The number of esters is 2. The minimum Gasteiger partial charge on any atom is -0.461 e. The lowest BCUT2D eigenvalue weighted by molar-refractivity contribution is -0.384. The van der Waals surface area contributed by atoms with Gasteiger partial charge in [-0.2, -0.15) is 0 Å². The van der Waals surface area contributed by atoms with Gasteiger partial charge >= 0.3 is 11.9 Å². The number of β-lactam (4-membered cyclic amide) rings is 1. The molecule has 0 aliphatic carbocycles. The van der Waals surface area contributed by atoms with Crippen molar-refractivity contribution in [3.63, 3.8) is 0 Å². The number of nitro groups is 1. The number of non-ortho nitro benzene ring substituents is 1. The van der Waals surface area contributed by atoms with Crippen molar-refractivity contribution < 1.29 is 38.3 Å². The summed E-state index contributed by atoms with van der Waals surface area (Å²) in [4.78, 5) is 63.1. The number of fused-ring (bicyclic) bond motifs is 1. The predicted octanol–water partition coefficient (Wildman–Crippen LogP) is 3.66. The average molecular weight is 632 g/mol. The maximum absolute atomic E-state index is 13.8. The van der Waals surface area contributed by atoms with E-state index in [1.807, 2.05) is 60.7 Å². The highest BCUT2D eigenvalue weighted by atomic mass is 32.2. The van der Waals surface area contributed by atoms with Gasteiger partial charge in [0.2, 0.25) is 5.91 Å². The van der Waals surface area contributed by atoms with E-state index in [0.717, 1.165) is 11.1 Å². The van der Waals surface area contributed by atoms with Crippen LogP contribution < -0.4 is 5.32 Å². The van der Waals surface area contributed by atoms with Crippen molar-refractivity contribution in [3.05, 3.63) is 123 Å². The van der Waals surface area contributed by atoms with Gasteiger partial charge in [0, 0.05) is 30.4 Å². The van der Waals surface area contributed by atoms with Crippen LogP contribution in [0.25, 0.3) is 0 Å². The molecule has 1 saturated heterocycles. The normalized spacial score (nSPS) is 17.3. The van der Waals surface area contributed by atoms with Crippen LogP contribution in [0.1, 0.15) is 29.7 Å². The fourth-order valence-corrected chi connectivity index (χ4v) is 6.24. The van der Waals surface area contributed by atoms with Crippen molar-refractivity contribution in [2.75, 3.05) is 19.0 Å². The van der Waals surface area contributed by atoms with Crippen molar-refractivity contribution in [1.29, 1.82) is 0 Å². The Morgan fingerprint density at radius 2 is 1.60 bits per heavy atom. The molecule has 2 heterocycles. The molecule has 3 aromatic carbocycles. The predicted molar refractivity (Wildman–Crippen MR) is 162 cm³/mol. The first-order valence-electron chi connectivity index (χ1n) is 13.9. The summed E-state index contributed by atoms with van der Waals surface area (Å²) >= 11 is 1.32. The number of amides is 2. The molecule has 0 spiro atoms. The van der Waals surface area contributed by atoms with Crippen LogP contribution in [0.4, 0.5) is 5.69 Å². The molecule has 0 aromatic heterocycles. The Kier molecular flexibility index (Phi) is 9.90. The first-order valence-corrected chi connectivity index (χ1v) is 15.0. The van der Waals surface area contributed by atoms with Crippen LogP contribution in [0.5, 0.6) is 0 Å². The van der Waals surface area contributed by atoms with Crippen molar-refractivity contribution in [3.8, 4) is 0 Å². The number of rotatable bonds is 12. The molecule has 232 valence electrons. The summed E-state index contributed by atoms with van der Waals surface area (Å²) in [6.07, 6.45) is -0.768. The van der Waals surface area contributed by atoms with Gasteiger partial charge in [0.1, 0.15) is 30.3 Å². The Hall–Kier alpha value is -5.01. The van der Waals surface area contributed by atoms with Crippen LogP contribution in [0.2, 0.25) is 0 Å². The van der Waals surface area contributed by atoms with E-state index in [2.05, 4.69) is 5.32 Å². The molecule has 2 amide bonds. The molecule has 0 saturated carbocycles. The SMILES string of the molecule is CC(=O)OCC1=C(C(=O)OC(c2ccccc2)c2ccccc2)N2C(=O)[C@H](NC(=O)COCc3ccc([N+](=O)[O-])cc3)[C@@H]2SC1. The van der Waals surface area contributed by atoms with Crippen molar-refractivity contribution in [2.24, 2.45) is 0 Å². The number of carbonyl (C=O) groups excluding carboxylic acids is 4. The van der Waals surface area contributed by atoms with Crippen molar-refractivity contribution in [2.45, 2.75) is 31.1 Å². The largest absolute Gasteiger partial charge is 0.461 e. The minimum absolute atomic E-state index is 0.0122. The van der Waals surface area contributed by atoms with Crippen LogP contribution in [-0.4, -0.2) is 64.0 Å². The monoisotopic (exact) mass is 631 g/mol. The van der Waals surface area contributed by atoms with Gasteiger partial charge in [-0.25, -0.2) is 4.79 Å². The van der Waals surface area contributed by atoms with E-state index in [1.54, 1.807) is 0 Å². The molecular formula is C32H29N3O9S. The zero-order chi connectivity index (χ0) is 31.9. The first kappa shape index (κ1) is 31.4. The molecule has 1 fully saturated rings. The molecule has 12 nitrogen and oxygen atoms in total. The van der Waals surface area contributed by atoms with E-state index in [1.165, 1.54) is 47.9 Å². The molecule has 0 bridgehead atoms. The number of benzene rings is 3. The van der Waals surface area contributed by atoms with E-state index in [0.29, 0.717) is 11.1 Å². The van der Waals surface area contributed by atoms with Crippen LogP contribution in [0.15, 0.2) is 96.2 Å². The van der Waals surface area contributed by atoms with Gasteiger partial charge in [-0.3, -0.25) is 29.4 Å². The molecule has 5 rings (SSSR count). The van der Waals surface area contributed by atoms with Crippen LogP contribution in [0, 0.1) is 10.1 Å². The highest BCUT2D eigenvalue weighted by Crippen LogP contribution is 2.41. The number of carbonyl (C=O) groups is 4. The standard InChI is InChI=1S/C32H29N3O9S/c1-20(36)43-17-24-19-45-31-27(33-26(37)18-42-16-21-12-14-25(15-13-21)35(40)41)30(38)34(31)28(24)32(39)44-29(22-8-4-2-5-9-22)23-10-6-3-7-11-23/h2-15,27,29,31H,16-19H2,1H3,(H,33,37)/t27-,31-/m0/s1. The molecule has 2 atom stereocenters. The molecule has 13 heteroatoms. The molecule has 0 radical (unpaired) electrons. The number of nitrogens with one attached hydrogen (secondary N) is 1. The van der Waals surface area contributed by atoms with E-state index in [4.69, 9.17) is 14.2 Å². The van der Waals surface area contributed by atoms with Gasteiger partial charge in [0.15, 0.2) is 6.10 Å². The zero-order valence-electron chi connectivity index (χ0n) is 24.1. The second-order valence-corrected chi connectivity index (χ2v) is 11.3. The molecule has 3 aromatic rings. The molecule has 0 unspecified atom stereocenters. The number of nitrogens with zero attached hydrogens (tertiary/aromatic N) is 2. The van der Waals surface area contributed by atoms with Crippen molar-refractivity contribution in [1.82, 2.24) is 10.2 Å². The summed E-state index contributed by atoms with van der Waals surface area (Å²) in [5, 5.41) is 12.9. The summed E-state index contributed by atoms with van der Waals surface area (Å²) in [6, 6.07) is 23.2. The Labute approximate surface area is 262 Å². The second-order valence-electron chi connectivity index (χ2n) is 10.2. The van der Waals surface area contributed by atoms with Crippen LogP contribution in [0.3, 0.4) is 0 Å². The minimum atomic E-state index is -0.914. The molecule has 2 aliphatic rings. The third-order valence-corrected chi connectivity index (χ3v) is 8.42. The topological polar surface area (TPSA) is 154 Å². The van der Waals surface area contributed by atoms with E-state index >= 15 is 0 Å². The quantitative estimate of drug-likeness (QED) is 0.136. The third kappa shape index (κ3) is 7.39. The fraction of sp³-hybridized carbons (Fsp3) is 0.250. The maximum atomic E-state index is 13.8. The molecule has 2 aliphatic heterocycles. The zero-order valence-corrected chi connectivity index (χ0v) is 24.9. The Balaban J connectivity index is 1.28. The van der Waals surface area contributed by atoms with E-state index in [-0.39, 0.29) is 37.0 Å². The number of hydrogen-bond donors (Lipinski definition) is 1. The highest BCUT2D eigenvalue weighted by molar-refractivity contribution is 8.00. The lowest BCUT2D eigenvalue weighted by Crippen LogP contribution is -2.71. The summed E-state index contributed by atoms with van der Waals surface area (Å²) in [5.74, 6) is -2.09. The lowest BCUT2D eigenvalue weighted by Gasteiger charge is -2.49. The van der Waals surface area contributed by atoms with E-state index < -0.39 is 46.2 Å². The number of nitro benzene ring substituents is 1. The van der Waals surface area contributed by atoms with Gasteiger partial charge in [-0.1, -0.05) is 60.7 Å². The molecular weight excluding hydrogens is 602 g/mol. The first-order chi connectivity index (χ1) is 21.7. The van der Waals surface area contributed by atoms with Gasteiger partial charge in [0.25, 0.3) is 11.6 Å². The molecule has 1 N–H and O–H groups in total. The Morgan fingerprint density at radius 3 is 2.18 bits per heavy atom.